The van der Waals surface area contributed by atoms with Crippen LogP contribution in [0.2, 0.25) is 0 Å². The van der Waals surface area contributed by atoms with E-state index in [0.717, 1.165) is 6.61 Å². The Balaban J connectivity index is 0. The molecule has 0 N–H and O–H groups in total. The van der Waals surface area contributed by atoms with Gasteiger partial charge in [0.05, 0.1) is 6.61 Å². The second-order valence-electron chi connectivity index (χ2n) is 1.32. The summed E-state index contributed by atoms with van der Waals surface area (Å²) in [5.74, 6) is 0. The van der Waals surface area contributed by atoms with E-state index in [-0.39, 0.29) is 0 Å². The van der Waals surface area contributed by atoms with Gasteiger partial charge in [-0.3, -0.25) is 0 Å². The van der Waals surface area contributed by atoms with Crippen molar-refractivity contribution in [1.82, 2.24) is 0 Å². The highest BCUT2D eigenvalue weighted by Crippen LogP contribution is 1.60. The van der Waals surface area contributed by atoms with Crippen LogP contribution in [-0.2, 0) is 9.47 Å². The summed E-state index contributed by atoms with van der Waals surface area (Å²) in [5, 5.41) is 0. The van der Waals surface area contributed by atoms with E-state index in [1.807, 2.05) is 6.92 Å². The molecule has 0 spiro atoms. The van der Waals surface area contributed by atoms with Gasteiger partial charge in [-0.1, -0.05) is 6.08 Å². The average Bonchev–Trinajstić information content (AvgIpc) is 1.91. The highest BCUT2D eigenvalue weighted by molar-refractivity contribution is 4.62. The Morgan fingerprint density at radius 1 is 1.33 bits per heavy atom. The summed E-state index contributed by atoms with van der Waals surface area (Å²) in [5.41, 5.74) is 0. The van der Waals surface area contributed by atoms with Crippen molar-refractivity contribution in [2.24, 2.45) is 0 Å². The van der Waals surface area contributed by atoms with Gasteiger partial charge in [0.2, 0.25) is 0 Å². The summed E-state index contributed by atoms with van der Waals surface area (Å²) < 4.78 is 9.11. The van der Waals surface area contributed by atoms with Crippen molar-refractivity contribution >= 4 is 0 Å². The highest BCUT2D eigenvalue weighted by atomic mass is 16.5. The molecule has 0 saturated carbocycles. The quantitative estimate of drug-likeness (QED) is 0.541. The smallest absolute Gasteiger partial charge is 0.0641 e. The molecule has 0 aromatic heterocycles. The molecule has 0 aromatic carbocycles. The zero-order chi connectivity index (χ0) is 7.54. The molecule has 0 aliphatic rings. The van der Waals surface area contributed by atoms with Gasteiger partial charge < -0.3 is 9.47 Å². The minimum Gasteiger partial charge on any atom is -0.385 e. The van der Waals surface area contributed by atoms with Gasteiger partial charge in [-0.05, 0) is 6.92 Å². The lowest BCUT2D eigenvalue weighted by Gasteiger charge is -1.79. The lowest BCUT2D eigenvalue weighted by atomic mass is 10.7. The number of hydrogen-bond donors (Lipinski definition) is 0. The van der Waals surface area contributed by atoms with Crippen molar-refractivity contribution in [3.63, 3.8) is 0 Å². The standard InChI is InChI=1S/C4H8O.C3H8O/c1-3-4-5-2;1-3-4-2/h3H,1,4H2,2H3;3H2,1-2H3. The largest absolute Gasteiger partial charge is 0.385 e. The fourth-order valence-corrected chi connectivity index (χ4v) is 0.118. The number of ether oxygens (including phenoxy) is 2. The summed E-state index contributed by atoms with van der Waals surface area (Å²) in [7, 11) is 3.32. The molecular weight excluding hydrogens is 116 g/mol. The van der Waals surface area contributed by atoms with Gasteiger partial charge in [-0.2, -0.15) is 0 Å². The second kappa shape index (κ2) is 15.6. The van der Waals surface area contributed by atoms with Crippen LogP contribution in [0.5, 0.6) is 0 Å². The van der Waals surface area contributed by atoms with E-state index in [0.29, 0.717) is 6.61 Å². The molecule has 0 saturated heterocycles. The average molecular weight is 132 g/mol. The summed E-state index contributed by atoms with van der Waals surface area (Å²) in [4.78, 5) is 0. The molecule has 0 bridgehead atoms. The van der Waals surface area contributed by atoms with E-state index in [4.69, 9.17) is 0 Å². The van der Waals surface area contributed by atoms with Crippen LogP contribution in [0.1, 0.15) is 6.92 Å². The maximum atomic E-state index is 4.57. The van der Waals surface area contributed by atoms with Crippen LogP contribution in [-0.4, -0.2) is 27.4 Å². The molecule has 0 aliphatic carbocycles. The van der Waals surface area contributed by atoms with Crippen molar-refractivity contribution < 1.29 is 9.47 Å². The van der Waals surface area contributed by atoms with E-state index in [1.165, 1.54) is 0 Å². The number of rotatable bonds is 3. The number of methoxy groups -OCH3 is 2. The molecule has 0 aliphatic heterocycles. The molecule has 0 amide bonds. The fraction of sp³-hybridized carbons (Fsp3) is 0.714. The van der Waals surface area contributed by atoms with Gasteiger partial charge >= 0.3 is 0 Å². The first kappa shape index (κ1) is 11.5. The van der Waals surface area contributed by atoms with Gasteiger partial charge in [0.1, 0.15) is 0 Å². The molecule has 0 fully saturated rings. The summed E-state index contributed by atoms with van der Waals surface area (Å²) in [6, 6.07) is 0. The molecule has 0 aromatic rings. The summed E-state index contributed by atoms with van der Waals surface area (Å²) in [6.45, 7) is 6.86. The Morgan fingerprint density at radius 2 is 1.78 bits per heavy atom. The molecule has 2 heteroatoms. The van der Waals surface area contributed by atoms with Crippen LogP contribution >= 0.6 is 0 Å². The maximum Gasteiger partial charge on any atom is 0.0641 e. The molecule has 0 radical (unpaired) electrons. The molecule has 0 atom stereocenters. The molecule has 0 heterocycles. The number of hydrogen-bond acceptors (Lipinski definition) is 2. The van der Waals surface area contributed by atoms with Crippen LogP contribution < -0.4 is 0 Å². The predicted octanol–water partition coefficient (Wildman–Crippen LogP) is 1.47. The molecule has 2 nitrogen and oxygen atoms in total. The third-order valence-electron chi connectivity index (χ3n) is 0.573. The first-order valence-electron chi connectivity index (χ1n) is 2.92. The SMILES string of the molecule is C=CCOC.CCOC. The zero-order valence-electron chi connectivity index (χ0n) is 6.52. The van der Waals surface area contributed by atoms with Crippen molar-refractivity contribution in [2.75, 3.05) is 27.4 Å². The minimum absolute atomic E-state index is 0.653. The fourth-order valence-electron chi connectivity index (χ4n) is 0.118. The monoisotopic (exact) mass is 132 g/mol. The Kier molecular flexibility index (Phi) is 19.9. The van der Waals surface area contributed by atoms with Crippen LogP contribution in [0.15, 0.2) is 12.7 Å². The Morgan fingerprint density at radius 3 is 1.78 bits per heavy atom. The van der Waals surface area contributed by atoms with Gasteiger partial charge in [-0.25, -0.2) is 0 Å². The van der Waals surface area contributed by atoms with E-state index in [9.17, 15) is 0 Å². The second-order valence-corrected chi connectivity index (χ2v) is 1.32. The molecule has 56 valence electrons. The lowest BCUT2D eigenvalue weighted by molar-refractivity contribution is 0.215. The lowest BCUT2D eigenvalue weighted by Crippen LogP contribution is -1.76. The van der Waals surface area contributed by atoms with Crippen molar-refractivity contribution in [3.8, 4) is 0 Å². The van der Waals surface area contributed by atoms with Gasteiger partial charge in [0.25, 0.3) is 0 Å². The van der Waals surface area contributed by atoms with E-state index in [2.05, 4.69) is 16.1 Å². The third-order valence-corrected chi connectivity index (χ3v) is 0.573. The van der Waals surface area contributed by atoms with Crippen LogP contribution in [0, 0.1) is 0 Å². The van der Waals surface area contributed by atoms with Gasteiger partial charge in [0, 0.05) is 20.8 Å². The van der Waals surface area contributed by atoms with Gasteiger partial charge in [-0.15, -0.1) is 6.58 Å². The predicted molar refractivity (Wildman–Crippen MR) is 39.6 cm³/mol. The molecular formula is C7H16O2. The van der Waals surface area contributed by atoms with Crippen LogP contribution in [0.4, 0.5) is 0 Å². The van der Waals surface area contributed by atoms with Crippen LogP contribution in [0.3, 0.4) is 0 Å². The summed E-state index contributed by atoms with van der Waals surface area (Å²) in [6.07, 6.45) is 1.71. The Hall–Kier alpha value is -0.340. The highest BCUT2D eigenvalue weighted by Gasteiger charge is 1.58. The Labute approximate surface area is 57.5 Å². The van der Waals surface area contributed by atoms with E-state index in [1.54, 1.807) is 20.3 Å². The normalized spacial score (nSPS) is 7.44. The first-order valence-corrected chi connectivity index (χ1v) is 2.92. The van der Waals surface area contributed by atoms with Crippen molar-refractivity contribution in [3.05, 3.63) is 12.7 Å². The minimum atomic E-state index is 0.653. The molecule has 9 heavy (non-hydrogen) atoms. The van der Waals surface area contributed by atoms with Gasteiger partial charge in [0.15, 0.2) is 0 Å². The van der Waals surface area contributed by atoms with E-state index < -0.39 is 0 Å². The van der Waals surface area contributed by atoms with E-state index >= 15 is 0 Å². The topological polar surface area (TPSA) is 18.5 Å². The first-order chi connectivity index (χ1) is 4.33. The van der Waals surface area contributed by atoms with Crippen LogP contribution in [0.25, 0.3) is 0 Å². The van der Waals surface area contributed by atoms with Crippen molar-refractivity contribution in [1.29, 1.82) is 0 Å². The third kappa shape index (κ3) is 34.7. The Bertz CT molecular complexity index is 42.2. The maximum absolute atomic E-state index is 4.57. The molecule has 0 rings (SSSR count). The summed E-state index contributed by atoms with van der Waals surface area (Å²) >= 11 is 0. The van der Waals surface area contributed by atoms with Crippen molar-refractivity contribution in [2.45, 2.75) is 6.92 Å². The molecule has 0 unspecified atom stereocenters. The zero-order valence-corrected chi connectivity index (χ0v) is 6.52.